The van der Waals surface area contributed by atoms with Crippen molar-refractivity contribution in [1.29, 1.82) is 0 Å². The number of urea groups is 1. The first-order chi connectivity index (χ1) is 14.1. The van der Waals surface area contributed by atoms with Gasteiger partial charge in [-0.25, -0.2) is 19.8 Å². The molecule has 0 saturated carbocycles. The maximum absolute atomic E-state index is 12.7. The number of guanidine groups is 1. The number of nitrogens with one attached hydrogen (secondary N) is 1. The van der Waals surface area contributed by atoms with Gasteiger partial charge in [-0.2, -0.15) is 0 Å². The summed E-state index contributed by atoms with van der Waals surface area (Å²) in [5.41, 5.74) is 0. The zero-order valence-electron chi connectivity index (χ0n) is 16.7. The SMILES string of the molecule is CN1C(=O)NC(=O)C2C1N=C(N1CCCCCC1)N2CCCSc1ncccn1. The minimum atomic E-state index is -0.464. The van der Waals surface area contributed by atoms with Gasteiger partial charge in [-0.1, -0.05) is 24.6 Å². The number of likely N-dealkylation sites (N-methyl/N-ethyl adjacent to an activating group) is 1. The highest BCUT2D eigenvalue weighted by molar-refractivity contribution is 7.99. The van der Waals surface area contributed by atoms with E-state index in [1.165, 1.54) is 17.7 Å². The van der Waals surface area contributed by atoms with Gasteiger partial charge in [0, 0.05) is 44.8 Å². The first-order valence-electron chi connectivity index (χ1n) is 10.2. The monoisotopic (exact) mass is 417 g/mol. The number of fused-ring (bicyclic) bond motifs is 1. The summed E-state index contributed by atoms with van der Waals surface area (Å²) in [6, 6.07) is 0.959. The maximum Gasteiger partial charge on any atom is 0.325 e. The molecule has 0 spiro atoms. The minimum Gasteiger partial charge on any atom is -0.343 e. The summed E-state index contributed by atoms with van der Waals surface area (Å²) >= 11 is 1.61. The second-order valence-corrected chi connectivity index (χ2v) is 8.58. The largest absolute Gasteiger partial charge is 0.343 e. The molecular formula is C19H27N7O2S. The van der Waals surface area contributed by atoms with E-state index in [1.54, 1.807) is 37.3 Å². The van der Waals surface area contributed by atoms with Crippen molar-refractivity contribution in [3.8, 4) is 0 Å². The molecule has 2 atom stereocenters. The van der Waals surface area contributed by atoms with Crippen LogP contribution in [0.15, 0.2) is 28.6 Å². The molecule has 29 heavy (non-hydrogen) atoms. The molecule has 4 rings (SSSR count). The van der Waals surface area contributed by atoms with Crippen LogP contribution >= 0.6 is 11.8 Å². The molecule has 3 amide bonds. The highest BCUT2D eigenvalue weighted by Gasteiger charge is 2.49. The quantitative estimate of drug-likeness (QED) is 0.439. The Labute approximate surface area is 174 Å². The molecule has 4 heterocycles. The van der Waals surface area contributed by atoms with E-state index in [4.69, 9.17) is 4.99 Å². The van der Waals surface area contributed by atoms with Crippen molar-refractivity contribution in [2.45, 2.75) is 49.5 Å². The number of nitrogens with zero attached hydrogens (tertiary/aromatic N) is 6. The van der Waals surface area contributed by atoms with E-state index >= 15 is 0 Å². The number of rotatable bonds is 5. The number of carbonyl (C=O) groups is 2. The lowest BCUT2D eigenvalue weighted by Gasteiger charge is -2.37. The van der Waals surface area contributed by atoms with Crippen molar-refractivity contribution in [3.05, 3.63) is 18.5 Å². The highest BCUT2D eigenvalue weighted by atomic mass is 32.2. The number of hydrogen-bond acceptors (Lipinski definition) is 8. The summed E-state index contributed by atoms with van der Waals surface area (Å²) in [5.74, 6) is 1.45. The van der Waals surface area contributed by atoms with Crippen molar-refractivity contribution < 1.29 is 9.59 Å². The van der Waals surface area contributed by atoms with Crippen molar-refractivity contribution in [3.63, 3.8) is 0 Å². The molecule has 1 aromatic heterocycles. The van der Waals surface area contributed by atoms with E-state index < -0.39 is 12.2 Å². The molecule has 1 N–H and O–H groups in total. The predicted molar refractivity (Wildman–Crippen MR) is 110 cm³/mol. The Balaban J connectivity index is 1.47. The number of hydrogen-bond donors (Lipinski definition) is 1. The van der Waals surface area contributed by atoms with Crippen LogP contribution in [0.5, 0.6) is 0 Å². The van der Waals surface area contributed by atoms with Crippen molar-refractivity contribution in [2.24, 2.45) is 4.99 Å². The van der Waals surface area contributed by atoms with Crippen LogP contribution < -0.4 is 5.32 Å². The van der Waals surface area contributed by atoms with E-state index in [2.05, 4.69) is 25.1 Å². The Morgan fingerprint density at radius 3 is 2.59 bits per heavy atom. The van der Waals surface area contributed by atoms with Gasteiger partial charge in [-0.05, 0) is 25.3 Å². The summed E-state index contributed by atoms with van der Waals surface area (Å²) in [7, 11) is 1.70. The predicted octanol–water partition coefficient (Wildman–Crippen LogP) is 1.38. The summed E-state index contributed by atoms with van der Waals surface area (Å²) in [5, 5.41) is 3.23. The van der Waals surface area contributed by atoms with Crippen LogP contribution in [-0.4, -0.2) is 87.2 Å². The number of carbonyl (C=O) groups excluding carboxylic acids is 2. The molecule has 3 aliphatic rings. The summed E-state index contributed by atoms with van der Waals surface area (Å²) in [6.07, 6.45) is 8.60. The van der Waals surface area contributed by atoms with Gasteiger partial charge in [0.15, 0.2) is 23.3 Å². The normalized spacial score (nSPS) is 24.9. The number of aromatic nitrogens is 2. The second kappa shape index (κ2) is 8.98. The van der Waals surface area contributed by atoms with Gasteiger partial charge in [-0.3, -0.25) is 10.1 Å². The van der Waals surface area contributed by atoms with E-state index in [1.807, 2.05) is 0 Å². The zero-order valence-corrected chi connectivity index (χ0v) is 17.5. The summed E-state index contributed by atoms with van der Waals surface area (Å²) in [6.45, 7) is 2.59. The molecule has 156 valence electrons. The fraction of sp³-hybridized carbons (Fsp3) is 0.632. The second-order valence-electron chi connectivity index (χ2n) is 7.52. The molecule has 3 aliphatic heterocycles. The lowest BCUT2D eigenvalue weighted by atomic mass is 10.1. The molecular weight excluding hydrogens is 390 g/mol. The topological polar surface area (TPSA) is 94.0 Å². The third-order valence-corrected chi connectivity index (χ3v) is 6.51. The first-order valence-corrected chi connectivity index (χ1v) is 11.2. The fourth-order valence-electron chi connectivity index (χ4n) is 4.04. The number of likely N-dealkylation sites (tertiary alicyclic amines) is 1. The van der Waals surface area contributed by atoms with Crippen LogP contribution in [0, 0.1) is 0 Å². The third kappa shape index (κ3) is 4.31. The fourth-order valence-corrected chi connectivity index (χ4v) is 4.77. The van der Waals surface area contributed by atoms with Crippen LogP contribution in [0.2, 0.25) is 0 Å². The first kappa shape index (κ1) is 19.9. The van der Waals surface area contributed by atoms with Crippen LogP contribution in [0.4, 0.5) is 4.79 Å². The van der Waals surface area contributed by atoms with Crippen molar-refractivity contribution >= 4 is 29.7 Å². The summed E-state index contributed by atoms with van der Waals surface area (Å²) in [4.78, 5) is 44.0. The van der Waals surface area contributed by atoms with Crippen LogP contribution in [0.3, 0.4) is 0 Å². The van der Waals surface area contributed by atoms with Crippen molar-refractivity contribution in [1.82, 2.24) is 30.0 Å². The molecule has 1 aromatic rings. The number of aliphatic imine (C=N–C) groups is 1. The lowest BCUT2D eigenvalue weighted by molar-refractivity contribution is -0.127. The molecule has 2 unspecified atom stereocenters. The molecule has 10 heteroatoms. The Kier molecular flexibility index (Phi) is 6.17. The van der Waals surface area contributed by atoms with E-state index in [9.17, 15) is 9.59 Å². The van der Waals surface area contributed by atoms with Gasteiger partial charge in [0.05, 0.1) is 0 Å². The number of amides is 3. The van der Waals surface area contributed by atoms with Gasteiger partial charge in [0.25, 0.3) is 5.91 Å². The van der Waals surface area contributed by atoms with Gasteiger partial charge >= 0.3 is 6.03 Å². The Bertz CT molecular complexity index is 767. The highest BCUT2D eigenvalue weighted by Crippen LogP contribution is 2.27. The Morgan fingerprint density at radius 2 is 1.86 bits per heavy atom. The average Bonchev–Trinajstić information content (AvgIpc) is 2.91. The molecule has 0 bridgehead atoms. The van der Waals surface area contributed by atoms with E-state index in [-0.39, 0.29) is 11.9 Å². The third-order valence-electron chi connectivity index (χ3n) is 5.54. The van der Waals surface area contributed by atoms with Gasteiger partial charge in [-0.15, -0.1) is 0 Å². The molecule has 2 fully saturated rings. The van der Waals surface area contributed by atoms with Gasteiger partial charge in [0.1, 0.15) is 0 Å². The standard InChI is InChI=1S/C19H27N7O2S/c1-24-15-14(16(27)23-19(24)28)26(12-7-13-29-17-20-8-6-9-21-17)18(22-15)25-10-4-2-3-5-11-25/h6,8-9,14-15H,2-5,7,10-13H2,1H3,(H,23,27,28). The van der Waals surface area contributed by atoms with Crippen LogP contribution in [0.25, 0.3) is 0 Å². The smallest absolute Gasteiger partial charge is 0.325 e. The zero-order chi connectivity index (χ0) is 20.2. The van der Waals surface area contributed by atoms with Crippen LogP contribution in [-0.2, 0) is 4.79 Å². The lowest BCUT2D eigenvalue weighted by Crippen LogP contribution is -2.64. The Morgan fingerprint density at radius 1 is 1.14 bits per heavy atom. The number of imide groups is 1. The minimum absolute atomic E-state index is 0.259. The summed E-state index contributed by atoms with van der Waals surface area (Å²) < 4.78 is 0. The van der Waals surface area contributed by atoms with Gasteiger partial charge < -0.3 is 14.7 Å². The molecule has 0 radical (unpaired) electrons. The average molecular weight is 418 g/mol. The Hall–Kier alpha value is -2.36. The molecule has 0 aromatic carbocycles. The van der Waals surface area contributed by atoms with E-state index in [0.717, 1.165) is 49.2 Å². The van der Waals surface area contributed by atoms with Crippen LogP contribution in [0.1, 0.15) is 32.1 Å². The van der Waals surface area contributed by atoms with Gasteiger partial charge in [0.2, 0.25) is 0 Å². The molecule has 2 saturated heterocycles. The molecule has 9 nitrogen and oxygen atoms in total. The van der Waals surface area contributed by atoms with Crippen molar-refractivity contribution in [2.75, 3.05) is 32.4 Å². The maximum atomic E-state index is 12.7. The molecule has 0 aliphatic carbocycles. The van der Waals surface area contributed by atoms with E-state index in [0.29, 0.717) is 6.54 Å². The number of thioether (sulfide) groups is 1.